The Labute approximate surface area is 163 Å². The summed E-state index contributed by atoms with van der Waals surface area (Å²) >= 11 is 0. The Hall–Kier alpha value is -3.15. The fourth-order valence-electron chi connectivity index (χ4n) is 4.01. The first-order valence-corrected chi connectivity index (χ1v) is 9.70. The van der Waals surface area contributed by atoms with Crippen LogP contribution in [0.25, 0.3) is 11.3 Å². The topological polar surface area (TPSA) is 71.0 Å². The molecule has 0 spiro atoms. The lowest BCUT2D eigenvalue weighted by atomic mass is 10.0. The van der Waals surface area contributed by atoms with Gasteiger partial charge in [0.2, 0.25) is 5.56 Å². The second kappa shape index (κ2) is 7.46. The summed E-state index contributed by atoms with van der Waals surface area (Å²) in [7, 11) is 1.98. The number of hydrogen-bond acceptors (Lipinski definition) is 3. The molecular formula is C22H24N4O2. The van der Waals surface area contributed by atoms with Gasteiger partial charge in [0.1, 0.15) is 0 Å². The van der Waals surface area contributed by atoms with Gasteiger partial charge in [0, 0.05) is 49.4 Å². The summed E-state index contributed by atoms with van der Waals surface area (Å²) in [5, 5.41) is 4.73. The van der Waals surface area contributed by atoms with Crippen molar-refractivity contribution >= 4 is 5.91 Å². The zero-order valence-electron chi connectivity index (χ0n) is 16.2. The molecule has 4 rings (SSSR count). The Morgan fingerprint density at radius 1 is 1.11 bits per heavy atom. The van der Waals surface area contributed by atoms with Crippen molar-refractivity contribution in [3.63, 3.8) is 0 Å². The molecule has 0 saturated heterocycles. The normalized spacial score (nSPS) is 13.9. The molecule has 6 heteroatoms. The molecule has 3 aromatic rings. The number of fused-ring (bicyclic) bond motifs is 1. The van der Waals surface area contributed by atoms with E-state index in [0.29, 0.717) is 30.8 Å². The molecule has 1 amide bonds. The molecule has 144 valence electrons. The van der Waals surface area contributed by atoms with Crippen LogP contribution in [0.1, 0.15) is 34.2 Å². The summed E-state index contributed by atoms with van der Waals surface area (Å²) in [6.45, 7) is 3.20. The number of carbonyl (C=O) groups excluding carboxylic acids is 1. The molecule has 28 heavy (non-hydrogen) atoms. The van der Waals surface area contributed by atoms with Crippen molar-refractivity contribution in [2.75, 3.05) is 13.1 Å². The molecule has 6 nitrogen and oxygen atoms in total. The minimum atomic E-state index is -0.172. The van der Waals surface area contributed by atoms with Crippen LogP contribution in [0.4, 0.5) is 0 Å². The SMILES string of the molecule is CCc1[nH]c(=O)ccc1C(=O)N1CCc2nn(C)c(-c3ccccc3)c2CC1. The molecule has 0 bridgehead atoms. The molecule has 1 aliphatic heterocycles. The van der Waals surface area contributed by atoms with Crippen LogP contribution in [0.15, 0.2) is 47.3 Å². The van der Waals surface area contributed by atoms with Crippen LogP contribution >= 0.6 is 0 Å². The molecule has 0 atom stereocenters. The lowest BCUT2D eigenvalue weighted by Gasteiger charge is -2.21. The number of aromatic nitrogens is 3. The lowest BCUT2D eigenvalue weighted by Crippen LogP contribution is -2.34. The first-order chi connectivity index (χ1) is 13.6. The van der Waals surface area contributed by atoms with Gasteiger partial charge < -0.3 is 9.88 Å². The Kier molecular flexibility index (Phi) is 4.86. The van der Waals surface area contributed by atoms with Crippen molar-refractivity contribution in [2.24, 2.45) is 7.05 Å². The molecule has 0 aliphatic carbocycles. The number of carbonyl (C=O) groups is 1. The second-order valence-electron chi connectivity index (χ2n) is 7.12. The third kappa shape index (κ3) is 3.26. The van der Waals surface area contributed by atoms with Crippen LogP contribution in [0.3, 0.4) is 0 Å². The fourth-order valence-corrected chi connectivity index (χ4v) is 4.01. The van der Waals surface area contributed by atoms with Crippen LogP contribution in [0.5, 0.6) is 0 Å². The quantitative estimate of drug-likeness (QED) is 0.764. The highest BCUT2D eigenvalue weighted by atomic mass is 16.2. The average Bonchev–Trinajstić information content (AvgIpc) is 2.89. The predicted octanol–water partition coefficient (Wildman–Crippen LogP) is 2.58. The molecule has 1 aromatic carbocycles. The number of amides is 1. The Bertz CT molecular complexity index is 1070. The van der Waals surface area contributed by atoms with Crippen LogP contribution in [-0.4, -0.2) is 38.7 Å². The highest BCUT2D eigenvalue weighted by Gasteiger charge is 2.26. The molecule has 2 aromatic heterocycles. The van der Waals surface area contributed by atoms with E-state index in [1.807, 2.05) is 41.8 Å². The largest absolute Gasteiger partial charge is 0.338 e. The number of aryl methyl sites for hydroxylation is 2. The average molecular weight is 376 g/mol. The van der Waals surface area contributed by atoms with E-state index in [2.05, 4.69) is 17.1 Å². The molecule has 0 fully saturated rings. The van der Waals surface area contributed by atoms with Crippen molar-refractivity contribution in [3.8, 4) is 11.3 Å². The number of H-pyrrole nitrogens is 1. The monoisotopic (exact) mass is 376 g/mol. The van der Waals surface area contributed by atoms with Gasteiger partial charge in [-0.2, -0.15) is 5.10 Å². The molecule has 1 N–H and O–H groups in total. The van der Waals surface area contributed by atoms with Gasteiger partial charge in [0.25, 0.3) is 5.91 Å². The summed E-state index contributed by atoms with van der Waals surface area (Å²) in [4.78, 5) is 29.4. The Morgan fingerprint density at radius 2 is 1.86 bits per heavy atom. The van der Waals surface area contributed by atoms with E-state index in [4.69, 9.17) is 5.10 Å². The van der Waals surface area contributed by atoms with Crippen LogP contribution in [-0.2, 0) is 26.3 Å². The summed E-state index contributed by atoms with van der Waals surface area (Å²) in [5.41, 5.74) is 5.67. The van der Waals surface area contributed by atoms with Gasteiger partial charge >= 0.3 is 0 Å². The minimum Gasteiger partial charge on any atom is -0.338 e. The van der Waals surface area contributed by atoms with Gasteiger partial charge in [-0.1, -0.05) is 37.3 Å². The molecule has 0 unspecified atom stereocenters. The molecule has 0 saturated carbocycles. The Balaban J connectivity index is 1.62. The van der Waals surface area contributed by atoms with E-state index in [0.717, 1.165) is 29.8 Å². The summed E-state index contributed by atoms with van der Waals surface area (Å²) < 4.78 is 1.95. The van der Waals surface area contributed by atoms with Gasteiger partial charge in [0.15, 0.2) is 0 Å². The maximum atomic E-state index is 13.1. The maximum absolute atomic E-state index is 13.1. The highest BCUT2D eigenvalue weighted by molar-refractivity contribution is 5.95. The standard InChI is InChI=1S/C22H24N4O2/c1-3-18-17(9-10-20(27)23-18)22(28)26-13-11-16-19(12-14-26)24-25(2)21(16)15-7-5-4-6-8-15/h4-10H,3,11-14H2,1-2H3,(H,23,27). The van der Waals surface area contributed by atoms with Crippen molar-refractivity contribution in [3.05, 3.63) is 75.3 Å². The van der Waals surface area contributed by atoms with Gasteiger partial charge in [-0.25, -0.2) is 0 Å². The number of nitrogens with zero attached hydrogens (tertiary/aromatic N) is 3. The van der Waals surface area contributed by atoms with E-state index < -0.39 is 0 Å². The number of rotatable bonds is 3. The van der Waals surface area contributed by atoms with E-state index in [1.165, 1.54) is 11.6 Å². The number of hydrogen-bond donors (Lipinski definition) is 1. The molecule has 3 heterocycles. The fraction of sp³-hybridized carbons (Fsp3) is 0.318. The maximum Gasteiger partial charge on any atom is 0.255 e. The third-order valence-corrected chi connectivity index (χ3v) is 5.40. The van der Waals surface area contributed by atoms with E-state index >= 15 is 0 Å². The van der Waals surface area contributed by atoms with E-state index in [-0.39, 0.29) is 11.5 Å². The van der Waals surface area contributed by atoms with Crippen LogP contribution in [0.2, 0.25) is 0 Å². The molecule has 0 radical (unpaired) electrons. The predicted molar refractivity (Wildman–Crippen MR) is 108 cm³/mol. The first kappa shape index (κ1) is 18.2. The van der Waals surface area contributed by atoms with Crippen molar-refractivity contribution in [1.29, 1.82) is 0 Å². The van der Waals surface area contributed by atoms with Crippen molar-refractivity contribution < 1.29 is 4.79 Å². The van der Waals surface area contributed by atoms with Crippen LogP contribution < -0.4 is 5.56 Å². The summed E-state index contributed by atoms with van der Waals surface area (Å²) in [5.74, 6) is -0.0242. The molecular weight excluding hydrogens is 352 g/mol. The molecule has 1 aliphatic rings. The zero-order chi connectivity index (χ0) is 19.7. The first-order valence-electron chi connectivity index (χ1n) is 9.70. The number of nitrogens with one attached hydrogen (secondary N) is 1. The zero-order valence-corrected chi connectivity index (χ0v) is 16.2. The summed E-state index contributed by atoms with van der Waals surface area (Å²) in [6.07, 6.45) is 2.11. The Morgan fingerprint density at radius 3 is 2.61 bits per heavy atom. The smallest absolute Gasteiger partial charge is 0.255 e. The third-order valence-electron chi connectivity index (χ3n) is 5.40. The number of aromatic amines is 1. The van der Waals surface area contributed by atoms with Crippen molar-refractivity contribution in [2.45, 2.75) is 26.2 Å². The lowest BCUT2D eigenvalue weighted by molar-refractivity contribution is 0.0761. The van der Waals surface area contributed by atoms with Crippen molar-refractivity contribution in [1.82, 2.24) is 19.7 Å². The number of pyridine rings is 1. The highest BCUT2D eigenvalue weighted by Crippen LogP contribution is 2.28. The van der Waals surface area contributed by atoms with E-state index in [9.17, 15) is 9.59 Å². The van der Waals surface area contributed by atoms with Gasteiger partial charge in [-0.3, -0.25) is 14.3 Å². The number of benzene rings is 1. The van der Waals surface area contributed by atoms with Gasteiger partial charge in [-0.05, 0) is 18.9 Å². The second-order valence-corrected chi connectivity index (χ2v) is 7.12. The summed E-state index contributed by atoms with van der Waals surface area (Å²) in [6, 6.07) is 13.3. The minimum absolute atomic E-state index is 0.0242. The van der Waals surface area contributed by atoms with Gasteiger partial charge in [0.05, 0.1) is 17.0 Å². The van der Waals surface area contributed by atoms with Crippen LogP contribution in [0, 0.1) is 0 Å². The van der Waals surface area contributed by atoms with E-state index in [1.54, 1.807) is 6.07 Å². The van der Waals surface area contributed by atoms with Gasteiger partial charge in [-0.15, -0.1) is 0 Å².